The van der Waals surface area contributed by atoms with Crippen LogP contribution < -0.4 is 10.1 Å². The van der Waals surface area contributed by atoms with Gasteiger partial charge in [-0.2, -0.15) is 4.31 Å². The second kappa shape index (κ2) is 10.4. The number of hydrogen-bond acceptors (Lipinski definition) is 6. The Balaban J connectivity index is 1.20. The van der Waals surface area contributed by atoms with Crippen LogP contribution in [0.25, 0.3) is 0 Å². The first-order chi connectivity index (χ1) is 15.5. The predicted molar refractivity (Wildman–Crippen MR) is 119 cm³/mol. The molecule has 32 heavy (non-hydrogen) atoms. The van der Waals surface area contributed by atoms with Crippen molar-refractivity contribution in [2.75, 3.05) is 32.9 Å². The fourth-order valence-corrected chi connectivity index (χ4v) is 4.81. The number of carbonyl (C=O) groups is 1. The molecule has 1 aromatic heterocycles. The number of sulfonamides is 1. The first-order valence-electron chi connectivity index (χ1n) is 11.0. The molecule has 8 nitrogen and oxygen atoms in total. The lowest BCUT2D eigenvalue weighted by Gasteiger charge is -2.26. The van der Waals surface area contributed by atoms with Gasteiger partial charge in [-0.15, -0.1) is 0 Å². The Morgan fingerprint density at radius 1 is 1.09 bits per heavy atom. The molecule has 172 valence electrons. The van der Waals surface area contributed by atoms with Crippen LogP contribution in [0, 0.1) is 5.92 Å². The number of amides is 1. The van der Waals surface area contributed by atoms with Gasteiger partial charge in [0.25, 0.3) is 0 Å². The standard InChI is InChI=1S/C23H29N3O5S/c27-22(24-15-20-6-10-23(25-16-20)31-17-19-1-2-19)9-5-18-3-7-21(8-4-18)32(28,29)26-11-13-30-14-12-26/h3-4,6-8,10,16,19H,1-2,5,9,11-15,17H2,(H,24,27). The summed E-state index contributed by atoms with van der Waals surface area (Å²) in [5.74, 6) is 1.23. The number of nitrogens with zero attached hydrogens (tertiary/aromatic N) is 2. The molecule has 0 radical (unpaired) electrons. The molecular weight excluding hydrogens is 430 g/mol. The van der Waals surface area contributed by atoms with Gasteiger partial charge in [0.05, 0.1) is 24.7 Å². The SMILES string of the molecule is O=C(CCc1ccc(S(=O)(=O)N2CCOCC2)cc1)NCc1ccc(OCC2CC2)nc1. The van der Waals surface area contributed by atoms with Crippen molar-refractivity contribution in [3.63, 3.8) is 0 Å². The number of hydrogen-bond donors (Lipinski definition) is 1. The highest BCUT2D eigenvalue weighted by Crippen LogP contribution is 2.29. The number of aryl methyl sites for hydroxylation is 1. The van der Waals surface area contributed by atoms with Crippen LogP contribution in [-0.4, -0.2) is 56.5 Å². The molecule has 1 aliphatic carbocycles. The summed E-state index contributed by atoms with van der Waals surface area (Å²) in [5, 5.41) is 2.89. The van der Waals surface area contributed by atoms with Gasteiger partial charge < -0.3 is 14.8 Å². The zero-order chi connectivity index (χ0) is 22.4. The average Bonchev–Trinajstić information content (AvgIpc) is 3.66. The first kappa shape index (κ1) is 22.7. The molecule has 1 saturated carbocycles. The van der Waals surface area contributed by atoms with E-state index in [4.69, 9.17) is 9.47 Å². The highest BCUT2D eigenvalue weighted by Gasteiger charge is 2.26. The normalized spacial score (nSPS) is 17.1. The molecule has 9 heteroatoms. The predicted octanol–water partition coefficient (Wildman–Crippen LogP) is 2.14. The number of ether oxygens (including phenoxy) is 2. The van der Waals surface area contributed by atoms with E-state index >= 15 is 0 Å². The number of morpholine rings is 1. The highest BCUT2D eigenvalue weighted by molar-refractivity contribution is 7.89. The fraction of sp³-hybridized carbons (Fsp3) is 0.478. The van der Waals surface area contributed by atoms with Crippen LogP contribution in [-0.2, 0) is 32.5 Å². The minimum Gasteiger partial charge on any atom is -0.477 e. The Morgan fingerprint density at radius 2 is 1.81 bits per heavy atom. The Hall–Kier alpha value is -2.49. The lowest BCUT2D eigenvalue weighted by Crippen LogP contribution is -2.40. The summed E-state index contributed by atoms with van der Waals surface area (Å²) in [4.78, 5) is 16.8. The van der Waals surface area contributed by atoms with Gasteiger partial charge in [-0.1, -0.05) is 18.2 Å². The van der Waals surface area contributed by atoms with E-state index in [0.29, 0.717) is 57.5 Å². The van der Waals surface area contributed by atoms with Crippen molar-refractivity contribution in [2.45, 2.75) is 37.1 Å². The van der Waals surface area contributed by atoms with E-state index in [-0.39, 0.29) is 10.8 Å². The second-order valence-corrected chi connectivity index (χ2v) is 10.1. The van der Waals surface area contributed by atoms with Gasteiger partial charge >= 0.3 is 0 Å². The third-order valence-electron chi connectivity index (χ3n) is 5.62. The summed E-state index contributed by atoms with van der Waals surface area (Å²) in [5.41, 5.74) is 1.83. The molecular formula is C23H29N3O5S. The molecule has 1 N–H and O–H groups in total. The molecule has 1 saturated heterocycles. The zero-order valence-corrected chi connectivity index (χ0v) is 18.9. The molecule has 0 bridgehead atoms. The van der Waals surface area contributed by atoms with Crippen molar-refractivity contribution in [3.8, 4) is 5.88 Å². The lowest BCUT2D eigenvalue weighted by molar-refractivity contribution is -0.121. The molecule has 4 rings (SSSR count). The summed E-state index contributed by atoms with van der Waals surface area (Å²) in [7, 11) is -3.50. The minimum atomic E-state index is -3.50. The monoisotopic (exact) mass is 459 g/mol. The second-order valence-electron chi connectivity index (χ2n) is 8.20. The third kappa shape index (κ3) is 6.27. The van der Waals surface area contributed by atoms with E-state index in [1.54, 1.807) is 30.5 Å². The molecule has 0 spiro atoms. The van der Waals surface area contributed by atoms with Crippen molar-refractivity contribution in [2.24, 2.45) is 5.92 Å². The van der Waals surface area contributed by atoms with Crippen LogP contribution >= 0.6 is 0 Å². The van der Waals surface area contributed by atoms with E-state index in [0.717, 1.165) is 17.7 Å². The molecule has 2 aliphatic rings. The number of benzene rings is 1. The topological polar surface area (TPSA) is 97.8 Å². The number of pyridine rings is 1. The molecule has 0 unspecified atom stereocenters. The minimum absolute atomic E-state index is 0.0657. The van der Waals surface area contributed by atoms with Gasteiger partial charge in [0, 0.05) is 38.3 Å². The van der Waals surface area contributed by atoms with Gasteiger partial charge in [-0.3, -0.25) is 4.79 Å². The summed E-state index contributed by atoms with van der Waals surface area (Å²) in [6, 6.07) is 10.5. The van der Waals surface area contributed by atoms with E-state index < -0.39 is 10.0 Å². The van der Waals surface area contributed by atoms with Crippen molar-refractivity contribution < 1.29 is 22.7 Å². The molecule has 1 amide bonds. The van der Waals surface area contributed by atoms with Crippen molar-refractivity contribution in [1.29, 1.82) is 0 Å². The number of rotatable bonds is 10. The average molecular weight is 460 g/mol. The first-order valence-corrected chi connectivity index (χ1v) is 12.5. The summed E-state index contributed by atoms with van der Waals surface area (Å²) < 4.78 is 37.6. The van der Waals surface area contributed by atoms with E-state index in [1.807, 2.05) is 12.1 Å². The van der Waals surface area contributed by atoms with Crippen molar-refractivity contribution >= 4 is 15.9 Å². The Labute approximate surface area is 189 Å². The van der Waals surface area contributed by atoms with Gasteiger partial charge in [0.2, 0.25) is 21.8 Å². The Kier molecular flexibility index (Phi) is 7.39. The number of aromatic nitrogens is 1. The molecule has 2 aromatic rings. The zero-order valence-electron chi connectivity index (χ0n) is 18.0. The Bertz CT molecular complexity index is 999. The highest BCUT2D eigenvalue weighted by atomic mass is 32.2. The van der Waals surface area contributed by atoms with Gasteiger partial charge in [0.15, 0.2) is 0 Å². The summed E-state index contributed by atoms with van der Waals surface area (Å²) >= 11 is 0. The molecule has 2 fully saturated rings. The van der Waals surface area contributed by atoms with Crippen molar-refractivity contribution in [1.82, 2.24) is 14.6 Å². The van der Waals surface area contributed by atoms with Gasteiger partial charge in [-0.25, -0.2) is 13.4 Å². The molecule has 2 heterocycles. The molecule has 0 atom stereocenters. The number of carbonyl (C=O) groups excluding carboxylic acids is 1. The van der Waals surface area contributed by atoms with Gasteiger partial charge in [0.1, 0.15) is 0 Å². The van der Waals surface area contributed by atoms with Crippen molar-refractivity contribution in [3.05, 3.63) is 53.7 Å². The lowest BCUT2D eigenvalue weighted by atomic mass is 10.1. The third-order valence-corrected chi connectivity index (χ3v) is 7.54. The number of nitrogens with one attached hydrogen (secondary N) is 1. The summed E-state index contributed by atoms with van der Waals surface area (Å²) in [6.07, 6.45) is 5.06. The smallest absolute Gasteiger partial charge is 0.243 e. The molecule has 1 aromatic carbocycles. The Morgan fingerprint density at radius 3 is 2.47 bits per heavy atom. The van der Waals surface area contributed by atoms with Crippen LogP contribution in [0.3, 0.4) is 0 Å². The maximum absolute atomic E-state index is 12.7. The van der Waals surface area contributed by atoms with Crippen LogP contribution in [0.15, 0.2) is 47.5 Å². The van der Waals surface area contributed by atoms with E-state index in [9.17, 15) is 13.2 Å². The maximum Gasteiger partial charge on any atom is 0.243 e. The van der Waals surface area contributed by atoms with Gasteiger partial charge in [-0.05, 0) is 48.4 Å². The summed E-state index contributed by atoms with van der Waals surface area (Å²) in [6.45, 7) is 2.71. The van der Waals surface area contributed by atoms with Crippen LogP contribution in [0.4, 0.5) is 0 Å². The van der Waals surface area contributed by atoms with Crippen LogP contribution in [0.2, 0.25) is 0 Å². The van der Waals surface area contributed by atoms with E-state index in [1.165, 1.54) is 17.1 Å². The van der Waals surface area contributed by atoms with E-state index in [2.05, 4.69) is 10.3 Å². The molecule has 1 aliphatic heterocycles. The maximum atomic E-state index is 12.7. The largest absolute Gasteiger partial charge is 0.477 e. The van der Waals surface area contributed by atoms with Crippen LogP contribution in [0.5, 0.6) is 5.88 Å². The van der Waals surface area contributed by atoms with Crippen LogP contribution in [0.1, 0.15) is 30.4 Å². The fourth-order valence-electron chi connectivity index (χ4n) is 3.40. The quantitative estimate of drug-likeness (QED) is 0.585.